The van der Waals surface area contributed by atoms with Crippen LogP contribution in [-0.2, 0) is 4.79 Å². The molecule has 0 bridgehead atoms. The summed E-state index contributed by atoms with van der Waals surface area (Å²) in [7, 11) is 0. The molecule has 0 N–H and O–H groups in total. The second kappa shape index (κ2) is 6.01. The van der Waals surface area contributed by atoms with E-state index in [2.05, 4.69) is 41.4 Å². The van der Waals surface area contributed by atoms with Crippen molar-refractivity contribution < 1.29 is 4.79 Å². The van der Waals surface area contributed by atoms with E-state index in [9.17, 15) is 4.79 Å². The third-order valence-corrected chi connectivity index (χ3v) is 3.28. The van der Waals surface area contributed by atoms with Gasteiger partial charge in [0.25, 0.3) is 0 Å². The van der Waals surface area contributed by atoms with Gasteiger partial charge in [-0.05, 0) is 34.9 Å². The molecule has 3 heteroatoms. The number of benzene rings is 2. The van der Waals surface area contributed by atoms with Gasteiger partial charge in [-0.3, -0.25) is 4.79 Å². The van der Waals surface area contributed by atoms with Crippen molar-refractivity contribution >= 4 is 12.4 Å². The Balaban J connectivity index is 1.83. The van der Waals surface area contributed by atoms with Crippen LogP contribution in [0.3, 0.4) is 0 Å². The van der Waals surface area contributed by atoms with E-state index in [1.54, 1.807) is 18.6 Å². The minimum atomic E-state index is 0.780. The normalized spacial score (nSPS) is 10.9. The van der Waals surface area contributed by atoms with Crippen LogP contribution in [0.25, 0.3) is 22.9 Å². The first-order chi connectivity index (χ1) is 10.4. The number of imidazole rings is 1. The predicted molar refractivity (Wildman–Crippen MR) is 84.1 cm³/mol. The maximum atomic E-state index is 10.3. The standard InChI is InChI=1S/C18H14N2O/c21-13-1-2-15-3-5-16(6-4-15)17-7-9-18(10-8-17)20-12-11-19-14-20/h1-14H/b2-1+. The molecule has 0 amide bonds. The van der Waals surface area contributed by atoms with Crippen molar-refractivity contribution in [3.8, 4) is 16.8 Å². The highest BCUT2D eigenvalue weighted by Gasteiger charge is 1.99. The molecule has 0 atom stereocenters. The van der Waals surface area contributed by atoms with E-state index in [-0.39, 0.29) is 0 Å². The van der Waals surface area contributed by atoms with Gasteiger partial charge in [-0.2, -0.15) is 0 Å². The van der Waals surface area contributed by atoms with Crippen molar-refractivity contribution in [3.05, 3.63) is 78.9 Å². The van der Waals surface area contributed by atoms with Gasteiger partial charge in [0.05, 0.1) is 6.33 Å². The molecular weight excluding hydrogens is 260 g/mol. The van der Waals surface area contributed by atoms with E-state index in [0.29, 0.717) is 0 Å². The van der Waals surface area contributed by atoms with Gasteiger partial charge >= 0.3 is 0 Å². The number of nitrogens with zero attached hydrogens (tertiary/aromatic N) is 2. The average molecular weight is 274 g/mol. The van der Waals surface area contributed by atoms with E-state index in [0.717, 1.165) is 28.7 Å². The summed E-state index contributed by atoms with van der Waals surface area (Å²) >= 11 is 0. The van der Waals surface area contributed by atoms with Gasteiger partial charge < -0.3 is 4.57 Å². The summed E-state index contributed by atoms with van der Waals surface area (Å²) in [6.07, 6.45) is 9.53. The van der Waals surface area contributed by atoms with Crippen molar-refractivity contribution in [3.63, 3.8) is 0 Å². The smallest absolute Gasteiger partial charge is 0.142 e. The Morgan fingerprint density at radius 1 is 0.905 bits per heavy atom. The van der Waals surface area contributed by atoms with Crippen LogP contribution >= 0.6 is 0 Å². The molecule has 0 aliphatic heterocycles. The van der Waals surface area contributed by atoms with Crippen molar-refractivity contribution in [2.24, 2.45) is 0 Å². The van der Waals surface area contributed by atoms with Crippen LogP contribution in [0.1, 0.15) is 5.56 Å². The van der Waals surface area contributed by atoms with Gasteiger partial charge in [0.2, 0.25) is 0 Å². The molecule has 0 fully saturated rings. The molecule has 3 aromatic rings. The first-order valence-corrected chi connectivity index (χ1v) is 6.67. The molecule has 0 aliphatic carbocycles. The van der Waals surface area contributed by atoms with Crippen molar-refractivity contribution in [2.75, 3.05) is 0 Å². The molecule has 3 nitrogen and oxygen atoms in total. The summed E-state index contributed by atoms with van der Waals surface area (Å²) in [5.41, 5.74) is 4.41. The highest BCUT2D eigenvalue weighted by Crippen LogP contribution is 2.21. The van der Waals surface area contributed by atoms with Gasteiger partial charge in [-0.15, -0.1) is 0 Å². The van der Waals surface area contributed by atoms with Crippen LogP contribution in [0.2, 0.25) is 0 Å². The third kappa shape index (κ3) is 2.98. The maximum absolute atomic E-state index is 10.3. The van der Waals surface area contributed by atoms with Gasteiger partial charge in [-0.25, -0.2) is 4.98 Å². The number of hydrogen-bond acceptors (Lipinski definition) is 2. The lowest BCUT2D eigenvalue weighted by atomic mass is 10.0. The Labute approximate surface area is 123 Å². The average Bonchev–Trinajstić information content (AvgIpc) is 3.08. The van der Waals surface area contributed by atoms with Crippen LogP contribution < -0.4 is 0 Å². The zero-order chi connectivity index (χ0) is 14.5. The quantitative estimate of drug-likeness (QED) is 0.536. The van der Waals surface area contributed by atoms with Crippen LogP contribution in [0.5, 0.6) is 0 Å². The fraction of sp³-hybridized carbons (Fsp3) is 0. The molecule has 21 heavy (non-hydrogen) atoms. The molecule has 1 aromatic heterocycles. The molecule has 2 aromatic carbocycles. The van der Waals surface area contributed by atoms with E-state index >= 15 is 0 Å². The Bertz CT molecular complexity index is 739. The van der Waals surface area contributed by atoms with E-state index in [4.69, 9.17) is 0 Å². The lowest BCUT2D eigenvalue weighted by Crippen LogP contribution is -1.89. The summed E-state index contributed by atoms with van der Waals surface area (Å²) in [6.45, 7) is 0. The SMILES string of the molecule is O=C/C=C/c1ccc(-c2ccc(-n3ccnc3)cc2)cc1. The largest absolute Gasteiger partial charge is 0.306 e. The molecule has 0 unspecified atom stereocenters. The summed E-state index contributed by atoms with van der Waals surface area (Å²) in [5, 5.41) is 0. The van der Waals surface area contributed by atoms with E-state index in [1.165, 1.54) is 6.08 Å². The number of allylic oxidation sites excluding steroid dienone is 1. The highest BCUT2D eigenvalue weighted by atomic mass is 16.1. The van der Waals surface area contributed by atoms with Crippen LogP contribution in [-0.4, -0.2) is 15.8 Å². The van der Waals surface area contributed by atoms with E-state index in [1.807, 2.05) is 22.9 Å². The molecule has 3 rings (SSSR count). The lowest BCUT2D eigenvalue weighted by molar-refractivity contribution is -0.104. The van der Waals surface area contributed by atoms with Gasteiger partial charge in [0, 0.05) is 18.1 Å². The summed E-state index contributed by atoms with van der Waals surface area (Å²) in [5.74, 6) is 0. The zero-order valence-corrected chi connectivity index (χ0v) is 11.4. The second-order valence-electron chi connectivity index (χ2n) is 4.63. The topological polar surface area (TPSA) is 34.9 Å². The Kier molecular flexibility index (Phi) is 3.74. The Morgan fingerprint density at radius 2 is 1.57 bits per heavy atom. The molecule has 0 saturated heterocycles. The lowest BCUT2D eigenvalue weighted by Gasteiger charge is -2.05. The first kappa shape index (κ1) is 13.1. The summed E-state index contributed by atoms with van der Waals surface area (Å²) in [4.78, 5) is 14.3. The zero-order valence-electron chi connectivity index (χ0n) is 11.4. The third-order valence-electron chi connectivity index (χ3n) is 3.28. The molecule has 0 aliphatic rings. The highest BCUT2D eigenvalue weighted by molar-refractivity contribution is 5.74. The van der Waals surface area contributed by atoms with Crippen LogP contribution in [0.15, 0.2) is 73.3 Å². The number of aromatic nitrogens is 2. The maximum Gasteiger partial charge on any atom is 0.142 e. The van der Waals surface area contributed by atoms with Gasteiger partial charge in [0.15, 0.2) is 0 Å². The first-order valence-electron chi connectivity index (χ1n) is 6.67. The van der Waals surface area contributed by atoms with Crippen molar-refractivity contribution in [1.29, 1.82) is 0 Å². The number of carbonyl (C=O) groups excluding carboxylic acids is 1. The van der Waals surface area contributed by atoms with Crippen molar-refractivity contribution in [1.82, 2.24) is 9.55 Å². The monoisotopic (exact) mass is 274 g/mol. The van der Waals surface area contributed by atoms with Crippen LogP contribution in [0, 0.1) is 0 Å². The Morgan fingerprint density at radius 3 is 2.14 bits per heavy atom. The minimum absolute atomic E-state index is 0.780. The molecule has 102 valence electrons. The Hall–Kier alpha value is -2.94. The summed E-state index contributed by atoms with van der Waals surface area (Å²) in [6, 6.07) is 16.4. The molecule has 1 heterocycles. The number of rotatable bonds is 4. The minimum Gasteiger partial charge on any atom is -0.306 e. The molecule has 0 spiro atoms. The number of carbonyl (C=O) groups is 1. The van der Waals surface area contributed by atoms with Crippen molar-refractivity contribution in [2.45, 2.75) is 0 Å². The molecular formula is C18H14N2O. The summed E-state index contributed by atoms with van der Waals surface area (Å²) < 4.78 is 1.97. The van der Waals surface area contributed by atoms with Gasteiger partial charge in [0.1, 0.15) is 6.29 Å². The van der Waals surface area contributed by atoms with Gasteiger partial charge in [-0.1, -0.05) is 42.5 Å². The second-order valence-corrected chi connectivity index (χ2v) is 4.63. The number of hydrogen-bond donors (Lipinski definition) is 0. The van der Waals surface area contributed by atoms with E-state index < -0.39 is 0 Å². The van der Waals surface area contributed by atoms with Crippen LogP contribution in [0.4, 0.5) is 0 Å². The number of aldehydes is 1. The fourth-order valence-electron chi connectivity index (χ4n) is 2.17. The molecule has 0 saturated carbocycles. The predicted octanol–water partition coefficient (Wildman–Crippen LogP) is 3.75. The molecule has 0 radical (unpaired) electrons. The fourth-order valence-corrected chi connectivity index (χ4v) is 2.17.